The monoisotopic (exact) mass is 900 g/mol. The van der Waals surface area contributed by atoms with Crippen molar-refractivity contribution in [2.45, 2.75) is 43.9 Å². The van der Waals surface area contributed by atoms with Gasteiger partial charge in [-0.15, -0.1) is 0 Å². The van der Waals surface area contributed by atoms with Crippen LogP contribution in [0.2, 0.25) is 15.1 Å². The number of allylic oxidation sites excluding steroid dienone is 2. The Bertz CT molecular complexity index is 2720. The molecule has 1 saturated carbocycles. The van der Waals surface area contributed by atoms with Gasteiger partial charge in [-0.25, -0.2) is 9.88 Å². The molecule has 0 unspecified atom stereocenters. The van der Waals surface area contributed by atoms with Gasteiger partial charge in [0.25, 0.3) is 11.8 Å². The molecule has 6 atom stereocenters. The molecule has 4 aromatic carbocycles. The van der Waals surface area contributed by atoms with Crippen molar-refractivity contribution < 1.29 is 42.2 Å². The third-order valence-electron chi connectivity index (χ3n) is 12.5. The first kappa shape index (κ1) is 41.5. The summed E-state index contributed by atoms with van der Waals surface area (Å²) in [7, 11) is 0. The molecule has 1 aromatic heterocycles. The third kappa shape index (κ3) is 6.68. The maximum atomic E-state index is 15.5. The second kappa shape index (κ2) is 15.5. The minimum absolute atomic E-state index is 0.100. The van der Waals surface area contributed by atoms with Crippen LogP contribution in [-0.4, -0.2) is 38.7 Å². The number of alkyl halides is 3. The number of nitrogens with zero attached hydrogens (tertiary/aromatic N) is 3. The molecule has 5 aromatic rings. The highest BCUT2D eigenvalue weighted by atomic mass is 35.5. The number of rotatable bonds is 8. The van der Waals surface area contributed by atoms with Gasteiger partial charge in [0.15, 0.2) is 5.82 Å². The highest BCUT2D eigenvalue weighted by molar-refractivity contribution is 6.33. The van der Waals surface area contributed by atoms with Crippen molar-refractivity contribution in [3.05, 3.63) is 158 Å². The van der Waals surface area contributed by atoms with Crippen molar-refractivity contribution in [1.29, 1.82) is 0 Å². The van der Waals surface area contributed by atoms with Crippen molar-refractivity contribution in [3.8, 4) is 11.5 Å². The molecule has 0 radical (unpaired) electrons. The van der Waals surface area contributed by atoms with Crippen LogP contribution in [0.1, 0.15) is 46.6 Å². The first-order valence-corrected chi connectivity index (χ1v) is 20.7. The Morgan fingerprint density at radius 3 is 2.29 bits per heavy atom. The summed E-state index contributed by atoms with van der Waals surface area (Å²) in [4.78, 5) is 64.4. The number of aromatic hydroxyl groups is 1. The molecule has 2 saturated heterocycles. The van der Waals surface area contributed by atoms with Crippen LogP contribution < -0.4 is 15.1 Å². The Hall–Kier alpha value is -5.89. The van der Waals surface area contributed by atoms with Crippen LogP contribution >= 0.6 is 34.8 Å². The zero-order valence-electron chi connectivity index (χ0n) is 32.5. The number of phenolic OH excluding ortho intramolecular Hbond substituents is 1. The molecule has 2 aliphatic carbocycles. The molecule has 3 fully saturated rings. The number of hydrazine groups is 1. The van der Waals surface area contributed by atoms with E-state index in [9.17, 15) is 27.9 Å². The van der Waals surface area contributed by atoms with Crippen LogP contribution in [0.3, 0.4) is 0 Å². The Morgan fingerprint density at radius 1 is 0.871 bits per heavy atom. The second-order valence-electron chi connectivity index (χ2n) is 15.9. The lowest BCUT2D eigenvalue weighted by Gasteiger charge is -2.50. The van der Waals surface area contributed by atoms with Crippen LogP contribution in [0.25, 0.3) is 0 Å². The largest absolute Gasteiger partial charge is 0.508 e. The molecular formula is C46H34Cl3F3N4O6. The molecule has 0 bridgehead atoms. The van der Waals surface area contributed by atoms with Crippen molar-refractivity contribution in [2.75, 3.05) is 10.3 Å². The number of carbonyl (C=O) groups excluding carboxylic acids is 4. The van der Waals surface area contributed by atoms with E-state index in [-0.39, 0.29) is 30.8 Å². The molecule has 62 heavy (non-hydrogen) atoms. The minimum Gasteiger partial charge on any atom is -0.508 e. The van der Waals surface area contributed by atoms with E-state index in [4.69, 9.17) is 39.5 Å². The lowest BCUT2D eigenvalue weighted by atomic mass is 9.49. The van der Waals surface area contributed by atoms with Gasteiger partial charge in [-0.3, -0.25) is 24.6 Å². The number of pyridine rings is 1. The fraction of sp³-hybridized carbons (Fsp3) is 0.239. The highest BCUT2D eigenvalue weighted by Crippen LogP contribution is 2.65. The zero-order chi connectivity index (χ0) is 43.8. The molecule has 4 aliphatic rings. The van der Waals surface area contributed by atoms with Crippen LogP contribution in [-0.2, 0) is 37.4 Å². The number of halogens is 6. The number of anilines is 2. The highest BCUT2D eigenvalue weighted by Gasteiger charge is 2.70. The number of nitrogens with one attached hydrogen (secondary N) is 1. The maximum Gasteiger partial charge on any atom is 0.417 e. The molecule has 2 N–H and O–H groups in total. The summed E-state index contributed by atoms with van der Waals surface area (Å²) in [5.41, 5.74) is 2.63. The minimum atomic E-state index is -4.78. The lowest BCUT2D eigenvalue weighted by Crippen LogP contribution is -2.53. The number of hydrogen-bond donors (Lipinski definition) is 2. The van der Waals surface area contributed by atoms with Gasteiger partial charge in [0, 0.05) is 33.8 Å². The number of aryl methyl sites for hydroxylation is 1. The average molecular weight is 902 g/mol. The van der Waals surface area contributed by atoms with Gasteiger partial charge < -0.3 is 9.84 Å². The first-order valence-electron chi connectivity index (χ1n) is 19.6. The molecule has 0 spiro atoms. The SMILES string of the molecule is Cc1ccc(N2C(=O)[C@H]3[C@H](CC=C4[C@H]3C[C@H]3C(=O)N(Nc5ncc(C(F)(F)F)cc5Cl)C(=O)[C@@]3(c3ccc(Cl)cc3)[C@H]4c3ccc(OCc4ccccc4)cc3O)C2=O)cc1Cl. The van der Waals surface area contributed by atoms with E-state index in [2.05, 4.69) is 10.4 Å². The van der Waals surface area contributed by atoms with E-state index in [0.717, 1.165) is 16.0 Å². The van der Waals surface area contributed by atoms with Gasteiger partial charge in [-0.2, -0.15) is 18.2 Å². The van der Waals surface area contributed by atoms with Crippen molar-refractivity contribution in [1.82, 2.24) is 9.99 Å². The first-order chi connectivity index (χ1) is 29.6. The molecular weight excluding hydrogens is 868 g/mol. The van der Waals surface area contributed by atoms with Crippen molar-refractivity contribution in [2.24, 2.45) is 23.7 Å². The van der Waals surface area contributed by atoms with Gasteiger partial charge in [0.1, 0.15) is 18.1 Å². The second-order valence-corrected chi connectivity index (χ2v) is 17.1. The fourth-order valence-corrected chi connectivity index (χ4v) is 10.2. The standard InChI is InChI=1S/C46H34Cl3F3N4O6/c1-23-7-12-28(18-35(23)48)55-41(58)32-16-15-30-33(38(32)43(55)60)20-34-42(59)56(54-40-36(49)17-26(21-53-40)46(50,51)52)44(61)45(34,25-8-10-27(47)11-9-25)39(30)31-14-13-29(19-37(31)57)62-22-24-5-3-2-4-6-24/h2-15,17-19,21,32-34,38-39,57H,16,20,22H2,1H3,(H,53,54)/t32-,33+,34-,38-,39+,45+/m0/s1. The number of hydrogen-bond acceptors (Lipinski definition) is 8. The average Bonchev–Trinajstić information content (AvgIpc) is 3.62. The molecule has 4 amide bonds. The van der Waals surface area contributed by atoms with E-state index in [1.54, 1.807) is 61.5 Å². The van der Waals surface area contributed by atoms with Crippen LogP contribution in [0.5, 0.6) is 11.5 Å². The molecule has 9 rings (SSSR count). The molecule has 10 nitrogen and oxygen atoms in total. The summed E-state index contributed by atoms with van der Waals surface area (Å²) in [6, 6.07) is 25.9. The molecule has 316 valence electrons. The predicted molar refractivity (Wildman–Crippen MR) is 224 cm³/mol. The Labute approximate surface area is 367 Å². The van der Waals surface area contributed by atoms with Gasteiger partial charge in [-0.1, -0.05) is 101 Å². The van der Waals surface area contributed by atoms with Crippen molar-refractivity contribution in [3.63, 3.8) is 0 Å². The zero-order valence-corrected chi connectivity index (χ0v) is 34.8. The van der Waals surface area contributed by atoms with Crippen molar-refractivity contribution >= 4 is 69.9 Å². The molecule has 2 aliphatic heterocycles. The Morgan fingerprint density at radius 2 is 1.61 bits per heavy atom. The summed E-state index contributed by atoms with van der Waals surface area (Å²) in [6.45, 7) is 1.98. The Kier molecular flexibility index (Phi) is 10.3. The van der Waals surface area contributed by atoms with E-state index < -0.39 is 81.2 Å². The number of phenols is 1. The van der Waals surface area contributed by atoms with Gasteiger partial charge in [0.05, 0.1) is 39.4 Å². The predicted octanol–water partition coefficient (Wildman–Crippen LogP) is 9.84. The smallest absolute Gasteiger partial charge is 0.417 e. The van der Waals surface area contributed by atoms with E-state index in [1.165, 1.54) is 6.07 Å². The quantitative estimate of drug-likeness (QED) is 0.116. The third-order valence-corrected chi connectivity index (χ3v) is 13.5. The molecule has 16 heteroatoms. The van der Waals surface area contributed by atoms with E-state index >= 15 is 9.59 Å². The lowest BCUT2D eigenvalue weighted by molar-refractivity contribution is -0.139. The molecule has 3 heterocycles. The fourth-order valence-electron chi connectivity index (χ4n) is 9.70. The van der Waals surface area contributed by atoms with Crippen LogP contribution in [0.15, 0.2) is 115 Å². The van der Waals surface area contributed by atoms with Gasteiger partial charge >= 0.3 is 6.18 Å². The summed E-state index contributed by atoms with van der Waals surface area (Å²) in [6.07, 6.45) is -2.43. The summed E-state index contributed by atoms with van der Waals surface area (Å²) >= 11 is 19.1. The number of benzene rings is 4. The Balaban J connectivity index is 1.20. The summed E-state index contributed by atoms with van der Waals surface area (Å²) in [5, 5.41) is 12.9. The number of fused-ring (bicyclic) bond motifs is 4. The van der Waals surface area contributed by atoms with Gasteiger partial charge in [0.2, 0.25) is 11.8 Å². The number of amides is 4. The normalized spacial score (nSPS) is 24.4. The van der Waals surface area contributed by atoms with Gasteiger partial charge in [-0.05, 0) is 78.8 Å². The van der Waals surface area contributed by atoms with Crippen LogP contribution in [0.4, 0.5) is 24.7 Å². The van der Waals surface area contributed by atoms with E-state index in [1.807, 2.05) is 36.4 Å². The number of carbonyl (C=O) groups is 4. The summed E-state index contributed by atoms with van der Waals surface area (Å²) in [5.74, 6) is -7.96. The maximum absolute atomic E-state index is 15.5. The number of ether oxygens (including phenoxy) is 1. The van der Waals surface area contributed by atoms with Crippen LogP contribution in [0, 0.1) is 30.6 Å². The van der Waals surface area contributed by atoms with E-state index in [0.29, 0.717) is 49.9 Å². The number of imide groups is 2. The summed E-state index contributed by atoms with van der Waals surface area (Å²) < 4.78 is 46.8. The topological polar surface area (TPSA) is 129 Å². The number of aromatic nitrogens is 1.